The zero-order chi connectivity index (χ0) is 17.8. The third kappa shape index (κ3) is 4.32. The van der Waals surface area contributed by atoms with Crippen LogP contribution in [-0.2, 0) is 6.54 Å². The van der Waals surface area contributed by atoms with Crippen LogP contribution in [0.5, 0.6) is 5.75 Å². The molecule has 6 heteroatoms. The number of urea groups is 1. The number of hydrogen-bond donors (Lipinski definition) is 1. The summed E-state index contributed by atoms with van der Waals surface area (Å²) in [6, 6.07) is 9.47. The van der Waals surface area contributed by atoms with Gasteiger partial charge in [0, 0.05) is 31.0 Å². The zero-order valence-corrected chi connectivity index (χ0v) is 15.2. The van der Waals surface area contributed by atoms with Crippen molar-refractivity contribution in [2.45, 2.75) is 33.2 Å². The maximum absolute atomic E-state index is 12.4. The quantitative estimate of drug-likeness (QED) is 0.926. The molecule has 0 radical (unpaired) electrons. The first kappa shape index (κ1) is 17.3. The van der Waals surface area contributed by atoms with Crippen molar-refractivity contribution in [1.82, 2.24) is 14.7 Å². The van der Waals surface area contributed by atoms with Gasteiger partial charge in [0.15, 0.2) is 0 Å². The van der Waals surface area contributed by atoms with Gasteiger partial charge in [0.05, 0.1) is 12.8 Å². The van der Waals surface area contributed by atoms with Crippen molar-refractivity contribution in [3.8, 4) is 5.75 Å². The van der Waals surface area contributed by atoms with E-state index >= 15 is 0 Å². The standard InChI is InChI=1S/C19H26N4O2/c1-14-12-15(2)23(21-14)13-16-8-10-22(11-9-16)19(24)20-17-4-6-18(25-3)7-5-17/h4-7,12,16H,8-11,13H2,1-3H3,(H,20,24). The molecule has 0 unspecified atom stereocenters. The lowest BCUT2D eigenvalue weighted by Crippen LogP contribution is -2.41. The molecule has 1 fully saturated rings. The van der Waals surface area contributed by atoms with Crippen LogP contribution in [0.3, 0.4) is 0 Å². The molecule has 1 aromatic heterocycles. The maximum atomic E-state index is 12.4. The smallest absolute Gasteiger partial charge is 0.321 e. The van der Waals surface area contributed by atoms with Gasteiger partial charge in [-0.15, -0.1) is 0 Å². The van der Waals surface area contributed by atoms with E-state index in [1.54, 1.807) is 7.11 Å². The van der Waals surface area contributed by atoms with Crippen LogP contribution in [0.2, 0.25) is 0 Å². The number of ether oxygens (including phenoxy) is 1. The lowest BCUT2D eigenvalue weighted by atomic mass is 9.97. The largest absolute Gasteiger partial charge is 0.497 e. The molecule has 1 saturated heterocycles. The van der Waals surface area contributed by atoms with Crippen LogP contribution in [0.4, 0.5) is 10.5 Å². The molecular weight excluding hydrogens is 316 g/mol. The number of hydrogen-bond acceptors (Lipinski definition) is 3. The highest BCUT2D eigenvalue weighted by molar-refractivity contribution is 5.89. The Morgan fingerprint density at radius 3 is 2.48 bits per heavy atom. The van der Waals surface area contributed by atoms with Crippen molar-refractivity contribution in [2.75, 3.05) is 25.5 Å². The van der Waals surface area contributed by atoms with E-state index in [-0.39, 0.29) is 6.03 Å². The minimum atomic E-state index is -0.0327. The highest BCUT2D eigenvalue weighted by Gasteiger charge is 2.23. The van der Waals surface area contributed by atoms with Crippen molar-refractivity contribution < 1.29 is 9.53 Å². The molecule has 134 valence electrons. The highest BCUT2D eigenvalue weighted by Crippen LogP contribution is 2.21. The number of carbonyl (C=O) groups is 1. The first-order chi connectivity index (χ1) is 12.0. The Morgan fingerprint density at radius 2 is 1.92 bits per heavy atom. The van der Waals surface area contributed by atoms with E-state index in [2.05, 4.69) is 28.1 Å². The Bertz CT molecular complexity index is 716. The summed E-state index contributed by atoms with van der Waals surface area (Å²) in [5.41, 5.74) is 3.06. The summed E-state index contributed by atoms with van der Waals surface area (Å²) < 4.78 is 7.22. The van der Waals surface area contributed by atoms with Gasteiger partial charge in [0.25, 0.3) is 0 Å². The summed E-state index contributed by atoms with van der Waals surface area (Å²) in [5, 5.41) is 7.50. The zero-order valence-electron chi connectivity index (χ0n) is 15.2. The molecule has 1 N–H and O–H groups in total. The van der Waals surface area contributed by atoms with Crippen LogP contribution in [-0.4, -0.2) is 40.9 Å². The van der Waals surface area contributed by atoms with Gasteiger partial charge in [-0.2, -0.15) is 5.10 Å². The number of piperidine rings is 1. The van der Waals surface area contributed by atoms with Gasteiger partial charge in [-0.1, -0.05) is 0 Å². The number of nitrogens with one attached hydrogen (secondary N) is 1. The summed E-state index contributed by atoms with van der Waals surface area (Å²) in [5.74, 6) is 1.35. The van der Waals surface area contributed by atoms with Gasteiger partial charge in [0.1, 0.15) is 5.75 Å². The first-order valence-corrected chi connectivity index (χ1v) is 8.76. The second kappa shape index (κ2) is 7.59. The number of anilines is 1. The SMILES string of the molecule is COc1ccc(NC(=O)N2CCC(Cn3nc(C)cc3C)CC2)cc1. The summed E-state index contributed by atoms with van der Waals surface area (Å²) in [6.07, 6.45) is 2.02. The van der Waals surface area contributed by atoms with Gasteiger partial charge in [-0.05, 0) is 62.9 Å². The highest BCUT2D eigenvalue weighted by atomic mass is 16.5. The second-order valence-electron chi connectivity index (χ2n) is 6.70. The minimum absolute atomic E-state index is 0.0327. The van der Waals surface area contributed by atoms with E-state index in [9.17, 15) is 4.79 Å². The van der Waals surface area contributed by atoms with Crippen LogP contribution in [0.1, 0.15) is 24.2 Å². The number of rotatable bonds is 4. The second-order valence-corrected chi connectivity index (χ2v) is 6.70. The van der Waals surface area contributed by atoms with Gasteiger partial charge >= 0.3 is 6.03 Å². The van der Waals surface area contributed by atoms with Gasteiger partial charge in [-0.25, -0.2) is 4.79 Å². The molecule has 1 aliphatic rings. The minimum Gasteiger partial charge on any atom is -0.497 e. The number of benzene rings is 1. The predicted octanol–water partition coefficient (Wildman–Crippen LogP) is 3.45. The molecule has 1 aliphatic heterocycles. The van der Waals surface area contributed by atoms with Crippen molar-refractivity contribution in [3.05, 3.63) is 41.7 Å². The maximum Gasteiger partial charge on any atom is 0.321 e. The molecule has 0 atom stereocenters. The van der Waals surface area contributed by atoms with E-state index < -0.39 is 0 Å². The molecule has 1 aromatic carbocycles. The lowest BCUT2D eigenvalue weighted by Gasteiger charge is -2.32. The summed E-state index contributed by atoms with van der Waals surface area (Å²) >= 11 is 0. The van der Waals surface area contributed by atoms with E-state index in [0.717, 1.165) is 49.6 Å². The Labute approximate surface area is 148 Å². The van der Waals surface area contributed by atoms with Crippen molar-refractivity contribution in [3.63, 3.8) is 0 Å². The van der Waals surface area contributed by atoms with E-state index in [0.29, 0.717) is 5.92 Å². The number of aromatic nitrogens is 2. The van der Waals surface area contributed by atoms with Crippen LogP contribution >= 0.6 is 0 Å². The Morgan fingerprint density at radius 1 is 1.24 bits per heavy atom. The number of nitrogens with zero attached hydrogens (tertiary/aromatic N) is 3. The number of amides is 2. The monoisotopic (exact) mass is 342 g/mol. The molecule has 0 saturated carbocycles. The number of carbonyl (C=O) groups excluding carboxylic acids is 1. The summed E-state index contributed by atoms with van der Waals surface area (Å²) in [4.78, 5) is 14.3. The Kier molecular flexibility index (Phi) is 5.26. The third-order valence-electron chi connectivity index (χ3n) is 4.78. The fourth-order valence-electron chi connectivity index (χ4n) is 3.30. The fourth-order valence-corrected chi connectivity index (χ4v) is 3.30. The van der Waals surface area contributed by atoms with Crippen LogP contribution in [0.25, 0.3) is 0 Å². The topological polar surface area (TPSA) is 59.4 Å². The normalized spacial score (nSPS) is 15.2. The molecule has 2 amide bonds. The van der Waals surface area contributed by atoms with Crippen LogP contribution in [0.15, 0.2) is 30.3 Å². The van der Waals surface area contributed by atoms with Crippen LogP contribution in [0, 0.1) is 19.8 Å². The number of likely N-dealkylation sites (tertiary alicyclic amines) is 1. The molecule has 25 heavy (non-hydrogen) atoms. The molecule has 2 heterocycles. The van der Waals surface area contributed by atoms with E-state index in [1.807, 2.05) is 36.1 Å². The van der Waals surface area contributed by atoms with Gasteiger partial charge in [-0.3, -0.25) is 4.68 Å². The Hall–Kier alpha value is -2.50. The lowest BCUT2D eigenvalue weighted by molar-refractivity contribution is 0.175. The predicted molar refractivity (Wildman–Crippen MR) is 98.0 cm³/mol. The first-order valence-electron chi connectivity index (χ1n) is 8.76. The van der Waals surface area contributed by atoms with E-state index in [4.69, 9.17) is 4.74 Å². The Balaban J connectivity index is 1.49. The molecule has 3 rings (SSSR count). The number of aryl methyl sites for hydroxylation is 2. The summed E-state index contributed by atoms with van der Waals surface area (Å²) in [7, 11) is 1.63. The third-order valence-corrected chi connectivity index (χ3v) is 4.78. The molecule has 0 bridgehead atoms. The molecule has 6 nitrogen and oxygen atoms in total. The van der Waals surface area contributed by atoms with E-state index in [1.165, 1.54) is 5.69 Å². The van der Waals surface area contributed by atoms with Crippen molar-refractivity contribution in [1.29, 1.82) is 0 Å². The fraction of sp³-hybridized carbons (Fsp3) is 0.474. The molecule has 0 aliphatic carbocycles. The average molecular weight is 342 g/mol. The van der Waals surface area contributed by atoms with Gasteiger partial charge in [0.2, 0.25) is 0 Å². The molecule has 2 aromatic rings. The van der Waals surface area contributed by atoms with Crippen molar-refractivity contribution >= 4 is 11.7 Å². The van der Waals surface area contributed by atoms with Gasteiger partial charge < -0.3 is 15.0 Å². The molecular formula is C19H26N4O2. The summed E-state index contributed by atoms with van der Waals surface area (Å²) in [6.45, 7) is 6.62. The molecule has 0 spiro atoms. The average Bonchev–Trinajstić information content (AvgIpc) is 2.93. The van der Waals surface area contributed by atoms with Crippen molar-refractivity contribution in [2.24, 2.45) is 5.92 Å². The van der Waals surface area contributed by atoms with Crippen LogP contribution < -0.4 is 10.1 Å². The number of methoxy groups -OCH3 is 1.